The molecular formula is C15H13FN2O4. The third-order valence-corrected chi connectivity index (χ3v) is 2.88. The first kappa shape index (κ1) is 15.4. The Morgan fingerprint density at radius 1 is 1.32 bits per heavy atom. The molecule has 0 aliphatic heterocycles. The van der Waals surface area contributed by atoms with E-state index in [1.54, 1.807) is 19.1 Å². The summed E-state index contributed by atoms with van der Waals surface area (Å²) < 4.78 is 18.5. The summed E-state index contributed by atoms with van der Waals surface area (Å²) in [7, 11) is 0. The predicted molar refractivity (Wildman–Crippen MR) is 78.4 cm³/mol. The molecule has 0 atom stereocenters. The number of ether oxygens (including phenoxy) is 1. The van der Waals surface area contributed by atoms with Crippen LogP contribution in [0.15, 0.2) is 42.5 Å². The van der Waals surface area contributed by atoms with Crippen LogP contribution in [0.2, 0.25) is 0 Å². The number of carbonyl (C=O) groups excluding carboxylic acids is 1. The van der Waals surface area contributed by atoms with Crippen molar-refractivity contribution >= 4 is 17.3 Å². The second-order valence-corrected chi connectivity index (χ2v) is 4.53. The Balaban J connectivity index is 1.98. The molecule has 0 saturated carbocycles. The summed E-state index contributed by atoms with van der Waals surface area (Å²) >= 11 is 0. The van der Waals surface area contributed by atoms with Crippen molar-refractivity contribution in [2.45, 2.75) is 6.92 Å². The lowest BCUT2D eigenvalue weighted by molar-refractivity contribution is -0.385. The second kappa shape index (κ2) is 6.66. The number of hydrogen-bond acceptors (Lipinski definition) is 4. The number of nitro groups is 1. The molecule has 6 nitrogen and oxygen atoms in total. The zero-order valence-electron chi connectivity index (χ0n) is 11.7. The molecule has 0 radical (unpaired) electrons. The molecule has 0 aliphatic rings. The number of aryl methyl sites for hydroxylation is 1. The fourth-order valence-electron chi connectivity index (χ4n) is 1.74. The highest BCUT2D eigenvalue weighted by Crippen LogP contribution is 2.25. The molecule has 2 aromatic carbocycles. The number of nitrogens with one attached hydrogen (secondary N) is 1. The van der Waals surface area contributed by atoms with Gasteiger partial charge < -0.3 is 10.1 Å². The highest BCUT2D eigenvalue weighted by molar-refractivity contribution is 5.91. The van der Waals surface area contributed by atoms with Gasteiger partial charge in [-0.2, -0.15) is 0 Å². The molecule has 0 saturated heterocycles. The number of anilines is 1. The largest absolute Gasteiger partial charge is 0.477 e. The van der Waals surface area contributed by atoms with Gasteiger partial charge in [-0.3, -0.25) is 14.9 Å². The SMILES string of the molecule is Cc1ccc(NC(=O)COc2ccccc2[N+](=O)[O-])cc1F. The first-order chi connectivity index (χ1) is 10.5. The van der Waals surface area contributed by atoms with Gasteiger partial charge >= 0.3 is 5.69 Å². The van der Waals surface area contributed by atoms with Gasteiger partial charge in [0.2, 0.25) is 0 Å². The molecule has 1 N–H and O–H groups in total. The molecule has 0 spiro atoms. The summed E-state index contributed by atoms with van der Waals surface area (Å²) in [6.45, 7) is 1.19. The van der Waals surface area contributed by atoms with Gasteiger partial charge in [0.1, 0.15) is 5.82 Å². The van der Waals surface area contributed by atoms with Gasteiger partial charge in [0.25, 0.3) is 5.91 Å². The average molecular weight is 304 g/mol. The van der Waals surface area contributed by atoms with Crippen LogP contribution in [0.4, 0.5) is 15.8 Å². The van der Waals surface area contributed by atoms with Crippen LogP contribution >= 0.6 is 0 Å². The summed E-state index contributed by atoms with van der Waals surface area (Å²) in [5, 5.41) is 13.3. The average Bonchev–Trinajstić information content (AvgIpc) is 2.49. The van der Waals surface area contributed by atoms with Gasteiger partial charge in [-0.15, -0.1) is 0 Å². The third-order valence-electron chi connectivity index (χ3n) is 2.88. The van der Waals surface area contributed by atoms with Gasteiger partial charge in [-0.05, 0) is 30.7 Å². The Hall–Kier alpha value is -2.96. The van der Waals surface area contributed by atoms with E-state index in [-0.39, 0.29) is 11.4 Å². The maximum Gasteiger partial charge on any atom is 0.310 e. The highest BCUT2D eigenvalue weighted by Gasteiger charge is 2.15. The Morgan fingerprint density at radius 3 is 2.73 bits per heavy atom. The Labute approximate surface area is 125 Å². The predicted octanol–water partition coefficient (Wildman–Crippen LogP) is 3.06. The molecule has 0 aliphatic carbocycles. The van der Waals surface area contributed by atoms with Crippen LogP contribution in [0.1, 0.15) is 5.56 Å². The summed E-state index contributed by atoms with van der Waals surface area (Å²) in [6.07, 6.45) is 0. The minimum absolute atomic E-state index is 0.00210. The topological polar surface area (TPSA) is 81.5 Å². The lowest BCUT2D eigenvalue weighted by Gasteiger charge is -2.08. The molecule has 114 valence electrons. The van der Waals surface area contributed by atoms with E-state index < -0.39 is 23.3 Å². The van der Waals surface area contributed by atoms with E-state index in [1.807, 2.05) is 0 Å². The van der Waals surface area contributed by atoms with Crippen LogP contribution in [0.5, 0.6) is 5.75 Å². The van der Waals surface area contributed by atoms with E-state index in [9.17, 15) is 19.3 Å². The summed E-state index contributed by atoms with van der Waals surface area (Å²) in [4.78, 5) is 22.0. The molecule has 7 heteroatoms. The van der Waals surface area contributed by atoms with Crippen LogP contribution in [0, 0.1) is 22.9 Å². The number of carbonyl (C=O) groups is 1. The van der Waals surface area contributed by atoms with Gasteiger partial charge in [0.05, 0.1) is 4.92 Å². The van der Waals surface area contributed by atoms with Crippen LogP contribution < -0.4 is 10.1 Å². The quantitative estimate of drug-likeness (QED) is 0.680. The van der Waals surface area contributed by atoms with Gasteiger partial charge in [-0.25, -0.2) is 4.39 Å². The molecule has 0 heterocycles. The smallest absolute Gasteiger partial charge is 0.310 e. The molecule has 2 rings (SSSR count). The number of nitro benzene ring substituents is 1. The Morgan fingerprint density at radius 2 is 2.05 bits per heavy atom. The fraction of sp³-hybridized carbons (Fsp3) is 0.133. The van der Waals surface area contributed by atoms with Crippen LogP contribution in [0.25, 0.3) is 0 Å². The first-order valence-corrected chi connectivity index (χ1v) is 6.39. The van der Waals surface area contributed by atoms with Crippen LogP contribution in [-0.2, 0) is 4.79 Å². The Bertz CT molecular complexity index is 718. The lowest BCUT2D eigenvalue weighted by atomic mass is 10.2. The van der Waals surface area contributed by atoms with Crippen molar-refractivity contribution in [2.75, 3.05) is 11.9 Å². The maximum atomic E-state index is 13.4. The van der Waals surface area contributed by atoms with E-state index in [4.69, 9.17) is 4.74 Å². The minimum Gasteiger partial charge on any atom is -0.477 e. The fourth-order valence-corrected chi connectivity index (χ4v) is 1.74. The van der Waals surface area contributed by atoms with Crippen molar-refractivity contribution < 1.29 is 18.8 Å². The second-order valence-electron chi connectivity index (χ2n) is 4.53. The lowest BCUT2D eigenvalue weighted by Crippen LogP contribution is -2.20. The molecular weight excluding hydrogens is 291 g/mol. The van der Waals surface area contributed by atoms with Crippen molar-refractivity contribution in [2.24, 2.45) is 0 Å². The summed E-state index contributed by atoms with van der Waals surface area (Å²) in [6, 6.07) is 10.0. The number of benzene rings is 2. The zero-order chi connectivity index (χ0) is 16.1. The van der Waals surface area contributed by atoms with Crippen molar-refractivity contribution in [3.8, 4) is 5.75 Å². The number of nitrogens with zero attached hydrogens (tertiary/aromatic N) is 1. The summed E-state index contributed by atoms with van der Waals surface area (Å²) in [5.74, 6) is -0.975. The third kappa shape index (κ3) is 3.78. The molecule has 1 amide bonds. The highest BCUT2D eigenvalue weighted by atomic mass is 19.1. The molecule has 0 aromatic heterocycles. The number of halogens is 1. The van der Waals surface area contributed by atoms with E-state index in [1.165, 1.54) is 30.3 Å². The molecule has 0 fully saturated rings. The minimum atomic E-state index is -0.595. The van der Waals surface area contributed by atoms with Gasteiger partial charge in [0, 0.05) is 11.8 Å². The van der Waals surface area contributed by atoms with Crippen molar-refractivity contribution in [1.29, 1.82) is 0 Å². The van der Waals surface area contributed by atoms with Crippen LogP contribution in [-0.4, -0.2) is 17.4 Å². The first-order valence-electron chi connectivity index (χ1n) is 6.39. The van der Waals surface area contributed by atoms with Crippen molar-refractivity contribution in [3.05, 3.63) is 64.0 Å². The molecule has 0 unspecified atom stereocenters. The van der Waals surface area contributed by atoms with E-state index >= 15 is 0 Å². The number of hydrogen-bond donors (Lipinski definition) is 1. The maximum absolute atomic E-state index is 13.4. The number of amides is 1. The molecule has 22 heavy (non-hydrogen) atoms. The van der Waals surface area contributed by atoms with E-state index in [2.05, 4.69) is 5.32 Å². The Kier molecular flexibility index (Phi) is 4.67. The van der Waals surface area contributed by atoms with Gasteiger partial charge in [0.15, 0.2) is 12.4 Å². The number of rotatable bonds is 5. The monoisotopic (exact) mass is 304 g/mol. The number of para-hydroxylation sites is 2. The van der Waals surface area contributed by atoms with E-state index in [0.29, 0.717) is 11.3 Å². The van der Waals surface area contributed by atoms with E-state index in [0.717, 1.165) is 0 Å². The van der Waals surface area contributed by atoms with Gasteiger partial charge in [-0.1, -0.05) is 18.2 Å². The normalized spacial score (nSPS) is 10.1. The standard InChI is InChI=1S/C15H13FN2O4/c1-10-6-7-11(8-12(10)16)17-15(19)9-22-14-5-3-2-4-13(14)18(20)21/h2-8H,9H2,1H3,(H,17,19). The molecule has 0 bridgehead atoms. The zero-order valence-corrected chi connectivity index (χ0v) is 11.7. The molecule has 2 aromatic rings. The van der Waals surface area contributed by atoms with Crippen molar-refractivity contribution in [3.63, 3.8) is 0 Å². The summed E-state index contributed by atoms with van der Waals surface area (Å²) in [5.41, 5.74) is 0.533. The van der Waals surface area contributed by atoms with Crippen LogP contribution in [0.3, 0.4) is 0 Å². The van der Waals surface area contributed by atoms with Crippen molar-refractivity contribution in [1.82, 2.24) is 0 Å².